The molecular formula is C23H43NO4. The maximum Gasteiger partial charge on any atom is 0.410 e. The van der Waals surface area contributed by atoms with Crippen LogP contribution in [0.5, 0.6) is 0 Å². The molecule has 0 spiro atoms. The molecule has 164 valence electrons. The number of likely N-dealkylation sites (tertiary alicyclic amines) is 1. The number of aliphatic hydroxyl groups is 2. The zero-order valence-corrected chi connectivity index (χ0v) is 18.5. The molecule has 2 N–H and O–H groups in total. The lowest BCUT2D eigenvalue weighted by Gasteiger charge is -2.44. The fraction of sp³-hybridized carbons (Fsp3) is 0.870. The second kappa shape index (κ2) is 13.2. The number of nitrogens with zero attached hydrogens (tertiary/aromatic N) is 1. The van der Waals surface area contributed by atoms with Gasteiger partial charge in [0.1, 0.15) is 5.60 Å². The number of hydrogen-bond acceptors (Lipinski definition) is 4. The van der Waals surface area contributed by atoms with Gasteiger partial charge in [0.2, 0.25) is 0 Å². The first-order valence-electron chi connectivity index (χ1n) is 11.3. The van der Waals surface area contributed by atoms with E-state index >= 15 is 0 Å². The Bertz CT molecular complexity index is 458. The molecular weight excluding hydrogens is 354 g/mol. The van der Waals surface area contributed by atoms with Gasteiger partial charge in [-0.15, -0.1) is 0 Å². The van der Waals surface area contributed by atoms with Crippen LogP contribution in [-0.2, 0) is 4.74 Å². The van der Waals surface area contributed by atoms with Crippen LogP contribution in [0.4, 0.5) is 4.79 Å². The molecule has 0 saturated carbocycles. The van der Waals surface area contributed by atoms with Gasteiger partial charge in [0.05, 0.1) is 18.8 Å². The smallest absolute Gasteiger partial charge is 0.410 e. The number of ether oxygens (including phenoxy) is 1. The van der Waals surface area contributed by atoms with Gasteiger partial charge >= 0.3 is 6.09 Å². The van der Waals surface area contributed by atoms with E-state index in [0.717, 1.165) is 19.3 Å². The fourth-order valence-electron chi connectivity index (χ4n) is 3.78. The summed E-state index contributed by atoms with van der Waals surface area (Å²) in [5, 5.41) is 19.9. The van der Waals surface area contributed by atoms with Crippen molar-refractivity contribution >= 4 is 6.09 Å². The number of amides is 1. The van der Waals surface area contributed by atoms with Crippen molar-refractivity contribution in [3.05, 3.63) is 12.2 Å². The zero-order chi connectivity index (χ0) is 21.0. The lowest BCUT2D eigenvalue weighted by molar-refractivity contribution is -0.0570. The monoisotopic (exact) mass is 397 g/mol. The third-order valence-corrected chi connectivity index (χ3v) is 5.33. The standard InChI is InChI=1S/C23H43NO4/c1-5-6-7-8-9-10-11-12-13-14-15-19-16-17-21(26)20(18-25)24(19)22(27)28-23(2,3)4/h13-14,19-21,25-26H,5-12,15-18H2,1-4H3/b14-13+/t19-,20+,21-/m1/s1. The summed E-state index contributed by atoms with van der Waals surface area (Å²) in [4.78, 5) is 14.2. The largest absolute Gasteiger partial charge is 0.444 e. The van der Waals surface area contributed by atoms with Crippen molar-refractivity contribution in [2.45, 2.75) is 122 Å². The van der Waals surface area contributed by atoms with Crippen molar-refractivity contribution in [3.63, 3.8) is 0 Å². The lowest BCUT2D eigenvalue weighted by atomic mass is 9.91. The number of unbranched alkanes of at least 4 members (excludes halogenated alkanes) is 7. The van der Waals surface area contributed by atoms with Crippen molar-refractivity contribution in [3.8, 4) is 0 Å². The van der Waals surface area contributed by atoms with E-state index in [4.69, 9.17) is 4.74 Å². The summed E-state index contributed by atoms with van der Waals surface area (Å²) < 4.78 is 5.53. The van der Waals surface area contributed by atoms with Gasteiger partial charge in [0, 0.05) is 6.04 Å². The first-order valence-corrected chi connectivity index (χ1v) is 11.3. The Morgan fingerprint density at radius 2 is 1.71 bits per heavy atom. The van der Waals surface area contributed by atoms with Crippen LogP contribution in [0.1, 0.15) is 98.3 Å². The fourth-order valence-corrected chi connectivity index (χ4v) is 3.78. The summed E-state index contributed by atoms with van der Waals surface area (Å²) in [7, 11) is 0. The topological polar surface area (TPSA) is 70.0 Å². The highest BCUT2D eigenvalue weighted by Crippen LogP contribution is 2.28. The molecule has 28 heavy (non-hydrogen) atoms. The maximum atomic E-state index is 12.7. The second-order valence-corrected chi connectivity index (χ2v) is 9.05. The molecule has 0 aromatic rings. The quantitative estimate of drug-likeness (QED) is 0.371. The number of aliphatic hydroxyl groups excluding tert-OH is 2. The van der Waals surface area contributed by atoms with Crippen molar-refractivity contribution < 1.29 is 19.7 Å². The van der Waals surface area contributed by atoms with Crippen LogP contribution in [0, 0.1) is 0 Å². The van der Waals surface area contributed by atoms with Crippen molar-refractivity contribution in [1.82, 2.24) is 4.90 Å². The highest BCUT2D eigenvalue weighted by molar-refractivity contribution is 5.69. The minimum Gasteiger partial charge on any atom is -0.444 e. The van der Waals surface area contributed by atoms with Crippen LogP contribution >= 0.6 is 0 Å². The van der Waals surface area contributed by atoms with Gasteiger partial charge in [-0.1, -0.05) is 57.6 Å². The van der Waals surface area contributed by atoms with Gasteiger partial charge < -0.3 is 14.9 Å². The number of carbonyl (C=O) groups is 1. The molecule has 0 aliphatic carbocycles. The number of rotatable bonds is 11. The first-order chi connectivity index (χ1) is 13.3. The van der Waals surface area contributed by atoms with E-state index in [1.165, 1.54) is 44.9 Å². The minimum absolute atomic E-state index is 0.0410. The van der Waals surface area contributed by atoms with Crippen molar-refractivity contribution in [2.24, 2.45) is 0 Å². The minimum atomic E-state index is -0.703. The summed E-state index contributed by atoms with van der Waals surface area (Å²) in [6, 6.07) is -0.634. The lowest BCUT2D eigenvalue weighted by Crippen LogP contribution is -2.58. The van der Waals surface area contributed by atoms with E-state index in [1.807, 2.05) is 20.8 Å². The summed E-state index contributed by atoms with van der Waals surface area (Å²) in [6.07, 6.45) is 15.5. The molecule has 0 bridgehead atoms. The van der Waals surface area contributed by atoms with Gasteiger partial charge in [0.15, 0.2) is 0 Å². The maximum absolute atomic E-state index is 12.7. The molecule has 1 amide bonds. The van der Waals surface area contributed by atoms with Gasteiger partial charge in [-0.25, -0.2) is 4.79 Å². The molecule has 1 aliphatic heterocycles. The summed E-state index contributed by atoms with van der Waals surface area (Å²) in [5.74, 6) is 0. The number of piperidine rings is 1. The summed E-state index contributed by atoms with van der Waals surface area (Å²) >= 11 is 0. The molecule has 1 aliphatic rings. The van der Waals surface area contributed by atoms with Crippen molar-refractivity contribution in [2.75, 3.05) is 6.61 Å². The Balaban J connectivity index is 2.48. The zero-order valence-electron chi connectivity index (χ0n) is 18.5. The number of carbonyl (C=O) groups excluding carboxylic acids is 1. The number of allylic oxidation sites excluding steroid dienone is 1. The second-order valence-electron chi connectivity index (χ2n) is 9.05. The molecule has 0 aromatic heterocycles. The molecule has 5 nitrogen and oxygen atoms in total. The van der Waals surface area contributed by atoms with E-state index in [0.29, 0.717) is 6.42 Å². The Morgan fingerprint density at radius 1 is 1.07 bits per heavy atom. The molecule has 5 heteroatoms. The van der Waals surface area contributed by atoms with E-state index in [-0.39, 0.29) is 12.6 Å². The summed E-state index contributed by atoms with van der Waals surface area (Å²) in [5.41, 5.74) is -0.600. The van der Waals surface area contributed by atoms with Gasteiger partial charge in [-0.3, -0.25) is 4.90 Å². The Labute approximate surface area is 172 Å². The van der Waals surface area contributed by atoms with Crippen LogP contribution in [0.25, 0.3) is 0 Å². The highest BCUT2D eigenvalue weighted by Gasteiger charge is 2.40. The van der Waals surface area contributed by atoms with Gasteiger partial charge in [-0.05, 0) is 52.9 Å². The Hall–Kier alpha value is -1.07. The first kappa shape index (κ1) is 25.0. The van der Waals surface area contributed by atoms with E-state index in [2.05, 4.69) is 19.1 Å². The van der Waals surface area contributed by atoms with Crippen LogP contribution in [0.2, 0.25) is 0 Å². The highest BCUT2D eigenvalue weighted by atomic mass is 16.6. The average Bonchev–Trinajstić information content (AvgIpc) is 2.62. The number of hydrogen-bond donors (Lipinski definition) is 2. The molecule has 0 aromatic carbocycles. The Morgan fingerprint density at radius 3 is 2.32 bits per heavy atom. The predicted octanol–water partition coefficient (Wildman–Crippen LogP) is 5.19. The van der Waals surface area contributed by atoms with Crippen molar-refractivity contribution in [1.29, 1.82) is 0 Å². The molecule has 1 fully saturated rings. The Kier molecular flexibility index (Phi) is 11.8. The molecule has 1 heterocycles. The van der Waals surface area contributed by atoms with Crippen LogP contribution in [0.15, 0.2) is 12.2 Å². The molecule has 1 rings (SSSR count). The SMILES string of the molecule is CCCCCCCCC/C=C/C[C@@H]1CC[C@@H](O)[C@H](CO)N1C(=O)OC(C)(C)C. The molecule has 0 radical (unpaired) electrons. The average molecular weight is 398 g/mol. The van der Waals surface area contributed by atoms with Crippen LogP contribution in [0.3, 0.4) is 0 Å². The van der Waals surface area contributed by atoms with E-state index in [1.54, 1.807) is 4.90 Å². The molecule has 1 saturated heterocycles. The third-order valence-electron chi connectivity index (χ3n) is 5.33. The predicted molar refractivity (Wildman–Crippen MR) is 114 cm³/mol. The van der Waals surface area contributed by atoms with Crippen LogP contribution in [-0.4, -0.2) is 51.6 Å². The van der Waals surface area contributed by atoms with Gasteiger partial charge in [-0.2, -0.15) is 0 Å². The van der Waals surface area contributed by atoms with Gasteiger partial charge in [0.25, 0.3) is 0 Å². The summed E-state index contributed by atoms with van der Waals surface area (Å²) in [6.45, 7) is 7.48. The van der Waals surface area contributed by atoms with Crippen LogP contribution < -0.4 is 0 Å². The normalized spacial score (nSPS) is 23.4. The third kappa shape index (κ3) is 9.42. The molecule has 3 atom stereocenters. The molecule has 0 unspecified atom stereocenters. The van der Waals surface area contributed by atoms with E-state index < -0.39 is 23.8 Å². The van der Waals surface area contributed by atoms with E-state index in [9.17, 15) is 15.0 Å².